The number of hydrogen-bond acceptors (Lipinski definition) is 7. The lowest BCUT2D eigenvalue weighted by molar-refractivity contribution is 0.0809. The van der Waals surface area contributed by atoms with Crippen LogP contribution >= 0.6 is 0 Å². The highest BCUT2D eigenvalue weighted by molar-refractivity contribution is 7.92. The van der Waals surface area contributed by atoms with Crippen molar-refractivity contribution in [3.8, 4) is 0 Å². The minimum atomic E-state index is -2.34. The lowest BCUT2D eigenvalue weighted by Gasteiger charge is -2.34. The van der Waals surface area contributed by atoms with Gasteiger partial charge in [-0.25, -0.2) is 13.9 Å². The molecule has 1 saturated heterocycles. The first kappa shape index (κ1) is 23.7. The van der Waals surface area contributed by atoms with Gasteiger partial charge in [-0.3, -0.25) is 0 Å². The van der Waals surface area contributed by atoms with E-state index in [9.17, 15) is 4.21 Å². The van der Waals surface area contributed by atoms with Crippen LogP contribution in [0.15, 0.2) is 10.4 Å². The third-order valence-corrected chi connectivity index (χ3v) is 8.19. The van der Waals surface area contributed by atoms with Crippen LogP contribution in [-0.2, 0) is 25.9 Å². The highest BCUT2D eigenvalue weighted by atomic mass is 32.2. The largest absolute Gasteiger partial charge is 0.377 e. The second-order valence-corrected chi connectivity index (χ2v) is 18.8. The molecule has 0 unspecified atom stereocenters. The Morgan fingerprint density at radius 2 is 2.06 bits per heavy atom. The second kappa shape index (κ2) is 9.04. The maximum Gasteiger partial charge on any atom is 0.165 e. The predicted molar refractivity (Wildman–Crippen MR) is 133 cm³/mol. The van der Waals surface area contributed by atoms with Crippen molar-refractivity contribution in [3.05, 3.63) is 11.8 Å². The third kappa shape index (κ3) is 5.70. The van der Waals surface area contributed by atoms with Crippen LogP contribution in [0.1, 0.15) is 31.4 Å². The Balaban J connectivity index is 1.78. The number of rotatable bonds is 8. The maximum absolute atomic E-state index is 12.7. The van der Waals surface area contributed by atoms with Crippen LogP contribution in [0.25, 0.3) is 11.0 Å². The van der Waals surface area contributed by atoms with Crippen LogP contribution < -0.4 is 4.90 Å². The quantitative estimate of drug-likeness (QED) is 0.417. The van der Waals surface area contributed by atoms with Crippen molar-refractivity contribution in [2.75, 3.05) is 43.8 Å². The van der Waals surface area contributed by atoms with Gasteiger partial charge in [0.15, 0.2) is 5.65 Å². The molecule has 32 heavy (non-hydrogen) atoms. The van der Waals surface area contributed by atoms with Crippen molar-refractivity contribution in [1.82, 2.24) is 14.8 Å². The molecule has 0 aromatic carbocycles. The summed E-state index contributed by atoms with van der Waals surface area (Å²) in [5, 5.41) is 5.86. The first-order valence-corrected chi connectivity index (χ1v) is 17.6. The van der Waals surface area contributed by atoms with E-state index in [1.165, 1.54) is 0 Å². The van der Waals surface area contributed by atoms with E-state index < -0.39 is 17.8 Å². The molecule has 0 N–H and O–H groups in total. The summed E-state index contributed by atoms with van der Waals surface area (Å²) in [5.74, 6) is 1.26. The fraction of sp³-hybridized carbons (Fsp3) is 0.727. The van der Waals surface area contributed by atoms with Crippen LogP contribution in [0, 0.1) is 0 Å². The van der Waals surface area contributed by atoms with E-state index in [0.29, 0.717) is 25.9 Å². The molecule has 0 amide bonds. The SMILES string of the molecule is C[C@@H]1COCCN1c1cc(N=S(C)(C)=O)c2c(C3CC3)nn(COCC[Si](C)(C)C)c2n1. The summed E-state index contributed by atoms with van der Waals surface area (Å²) in [5.41, 5.74) is 2.53. The first-order chi connectivity index (χ1) is 15.0. The molecule has 0 bridgehead atoms. The fourth-order valence-electron chi connectivity index (χ4n) is 3.95. The van der Waals surface area contributed by atoms with Gasteiger partial charge in [-0.1, -0.05) is 19.6 Å². The molecular weight excluding hydrogens is 442 g/mol. The van der Waals surface area contributed by atoms with Gasteiger partial charge in [0.1, 0.15) is 12.5 Å². The lowest BCUT2D eigenvalue weighted by Crippen LogP contribution is -2.44. The number of aromatic nitrogens is 3. The summed E-state index contributed by atoms with van der Waals surface area (Å²) < 4.78 is 30.9. The molecule has 2 aromatic heterocycles. The van der Waals surface area contributed by atoms with Crippen LogP contribution in [0.4, 0.5) is 11.5 Å². The van der Waals surface area contributed by atoms with Crippen molar-refractivity contribution in [2.45, 2.75) is 64.1 Å². The lowest BCUT2D eigenvalue weighted by atomic mass is 10.1. The first-order valence-electron chi connectivity index (χ1n) is 11.5. The highest BCUT2D eigenvalue weighted by Gasteiger charge is 2.32. The molecule has 178 valence electrons. The molecule has 1 aliphatic carbocycles. The van der Waals surface area contributed by atoms with Gasteiger partial charge in [-0.15, -0.1) is 0 Å². The summed E-state index contributed by atoms with van der Waals surface area (Å²) in [6.45, 7) is 12.4. The minimum absolute atomic E-state index is 0.210. The van der Waals surface area contributed by atoms with Gasteiger partial charge in [0.05, 0.1) is 36.0 Å². The van der Waals surface area contributed by atoms with E-state index in [-0.39, 0.29) is 6.04 Å². The Morgan fingerprint density at radius 3 is 2.69 bits per heavy atom. The summed E-state index contributed by atoms with van der Waals surface area (Å²) in [4.78, 5) is 7.29. The average Bonchev–Trinajstić information content (AvgIpc) is 3.45. The van der Waals surface area contributed by atoms with Crippen LogP contribution in [-0.4, -0.2) is 72.0 Å². The van der Waals surface area contributed by atoms with Crippen molar-refractivity contribution in [2.24, 2.45) is 4.36 Å². The Morgan fingerprint density at radius 1 is 1.31 bits per heavy atom. The molecule has 1 atom stereocenters. The van der Waals surface area contributed by atoms with Crippen LogP contribution in [0.3, 0.4) is 0 Å². The van der Waals surface area contributed by atoms with E-state index in [1.54, 1.807) is 12.5 Å². The molecule has 0 radical (unpaired) electrons. The van der Waals surface area contributed by atoms with E-state index in [0.717, 1.165) is 60.3 Å². The third-order valence-electron chi connectivity index (χ3n) is 5.85. The summed E-state index contributed by atoms with van der Waals surface area (Å²) in [6, 6.07) is 3.31. The highest BCUT2D eigenvalue weighted by Crippen LogP contribution is 2.45. The molecular formula is C22H37N5O3SSi. The monoisotopic (exact) mass is 479 g/mol. The van der Waals surface area contributed by atoms with E-state index >= 15 is 0 Å². The molecule has 1 saturated carbocycles. The Labute approximate surface area is 192 Å². The van der Waals surface area contributed by atoms with Crippen molar-refractivity contribution < 1.29 is 13.7 Å². The Bertz CT molecular complexity index is 1090. The van der Waals surface area contributed by atoms with Gasteiger partial charge in [-0.2, -0.15) is 9.46 Å². The zero-order valence-electron chi connectivity index (χ0n) is 20.3. The summed E-state index contributed by atoms with van der Waals surface area (Å²) in [6.07, 6.45) is 5.60. The zero-order valence-corrected chi connectivity index (χ0v) is 22.1. The van der Waals surface area contributed by atoms with Crippen molar-refractivity contribution in [1.29, 1.82) is 0 Å². The van der Waals surface area contributed by atoms with Crippen molar-refractivity contribution >= 4 is 40.3 Å². The predicted octanol–water partition coefficient (Wildman–Crippen LogP) is 4.21. The topological polar surface area (TPSA) is 81.8 Å². The Kier molecular flexibility index (Phi) is 6.68. The van der Waals surface area contributed by atoms with Gasteiger partial charge < -0.3 is 14.4 Å². The van der Waals surface area contributed by atoms with Gasteiger partial charge >= 0.3 is 0 Å². The van der Waals surface area contributed by atoms with Gasteiger partial charge in [0.25, 0.3) is 0 Å². The number of pyridine rings is 1. The molecule has 4 rings (SSSR count). The molecule has 8 nitrogen and oxygen atoms in total. The maximum atomic E-state index is 12.7. The standard InChI is InChI=1S/C22H37N5O3SSi/c1-16-14-29-10-9-26(16)19-13-18(25-31(2,3)28)20-21(17-7-8-17)24-27(22(20)23-19)15-30-11-12-32(4,5)6/h13,16-17H,7-12,14-15H2,1-6H3/t16-/m1/s1. The van der Waals surface area contributed by atoms with Crippen molar-refractivity contribution in [3.63, 3.8) is 0 Å². The number of ether oxygens (including phenoxy) is 2. The molecule has 10 heteroatoms. The van der Waals surface area contributed by atoms with E-state index in [4.69, 9.17) is 19.6 Å². The number of hydrogen-bond donors (Lipinski definition) is 0. The zero-order chi connectivity index (χ0) is 23.1. The summed E-state index contributed by atoms with van der Waals surface area (Å²) in [7, 11) is -3.50. The normalized spacial score (nSPS) is 20.2. The number of morpholine rings is 1. The fourth-order valence-corrected chi connectivity index (χ4v) is 5.33. The van der Waals surface area contributed by atoms with Crippen LogP contribution in [0.5, 0.6) is 0 Å². The van der Waals surface area contributed by atoms with Crippen LogP contribution in [0.2, 0.25) is 25.7 Å². The second-order valence-electron chi connectivity index (χ2n) is 10.6. The number of fused-ring (bicyclic) bond motifs is 1. The molecule has 2 aromatic rings. The summed E-state index contributed by atoms with van der Waals surface area (Å²) >= 11 is 0. The smallest absolute Gasteiger partial charge is 0.165 e. The van der Waals surface area contributed by atoms with E-state index in [2.05, 4.69) is 35.8 Å². The Hall–Kier alpha value is -1.49. The van der Waals surface area contributed by atoms with Gasteiger partial charge in [0.2, 0.25) is 0 Å². The van der Waals surface area contributed by atoms with Gasteiger partial charge in [0, 0.05) is 55.5 Å². The molecule has 2 aliphatic rings. The molecule has 1 aliphatic heterocycles. The van der Waals surface area contributed by atoms with E-state index in [1.807, 2.05) is 10.7 Å². The number of anilines is 1. The van der Waals surface area contributed by atoms with Gasteiger partial charge in [-0.05, 0) is 25.8 Å². The number of nitrogens with zero attached hydrogens (tertiary/aromatic N) is 5. The minimum Gasteiger partial charge on any atom is -0.377 e. The average molecular weight is 480 g/mol. The molecule has 0 spiro atoms. The molecule has 2 fully saturated rings. The molecule has 3 heterocycles.